The molecule has 1 aromatic rings. The minimum atomic E-state index is 0.474. The molecule has 1 aliphatic rings. The van der Waals surface area contributed by atoms with Crippen molar-refractivity contribution in [1.82, 2.24) is 10.3 Å². The molecular weight excluding hydrogens is 212 g/mol. The minimum absolute atomic E-state index is 0.474. The van der Waals surface area contributed by atoms with Crippen molar-refractivity contribution in [2.24, 2.45) is 0 Å². The molecule has 1 aliphatic heterocycles. The van der Waals surface area contributed by atoms with Crippen LogP contribution in [0.15, 0.2) is 18.3 Å². The molecule has 0 amide bonds. The van der Waals surface area contributed by atoms with Crippen LogP contribution in [0.25, 0.3) is 0 Å². The van der Waals surface area contributed by atoms with Crippen molar-refractivity contribution in [3.63, 3.8) is 0 Å². The van der Waals surface area contributed by atoms with E-state index in [1.807, 2.05) is 6.20 Å². The molecule has 1 aromatic heterocycles. The number of ether oxygens (including phenoxy) is 1. The summed E-state index contributed by atoms with van der Waals surface area (Å²) < 4.78 is 5.69. The standard InChI is InChI=1S/C14H22N2O/c1-12-5-6-13(16-10-12)11-15-8-7-14-4-2-3-9-17-14/h5-6,10,14-15H,2-4,7-9,11H2,1H3. The van der Waals surface area contributed by atoms with Crippen LogP contribution < -0.4 is 5.32 Å². The fourth-order valence-electron chi connectivity index (χ4n) is 2.12. The summed E-state index contributed by atoms with van der Waals surface area (Å²) in [5.74, 6) is 0. The van der Waals surface area contributed by atoms with Crippen LogP contribution in [0, 0.1) is 6.92 Å². The van der Waals surface area contributed by atoms with Gasteiger partial charge in [0, 0.05) is 19.3 Å². The topological polar surface area (TPSA) is 34.1 Å². The van der Waals surface area contributed by atoms with E-state index in [2.05, 4.69) is 29.4 Å². The number of rotatable bonds is 5. The summed E-state index contributed by atoms with van der Waals surface area (Å²) in [7, 11) is 0. The number of pyridine rings is 1. The van der Waals surface area contributed by atoms with Crippen molar-refractivity contribution in [2.75, 3.05) is 13.2 Å². The summed E-state index contributed by atoms with van der Waals surface area (Å²) in [6.07, 6.45) is 7.29. The average molecular weight is 234 g/mol. The Labute approximate surface area is 104 Å². The van der Waals surface area contributed by atoms with Gasteiger partial charge in [0.15, 0.2) is 0 Å². The molecule has 1 saturated heterocycles. The van der Waals surface area contributed by atoms with Crippen molar-refractivity contribution >= 4 is 0 Å². The molecule has 0 aromatic carbocycles. The Morgan fingerprint density at radius 2 is 2.35 bits per heavy atom. The highest BCUT2D eigenvalue weighted by atomic mass is 16.5. The van der Waals surface area contributed by atoms with E-state index < -0.39 is 0 Å². The van der Waals surface area contributed by atoms with Crippen LogP contribution in [0.3, 0.4) is 0 Å². The van der Waals surface area contributed by atoms with E-state index >= 15 is 0 Å². The van der Waals surface area contributed by atoms with E-state index in [4.69, 9.17) is 4.74 Å². The number of aromatic nitrogens is 1. The molecule has 1 unspecified atom stereocenters. The van der Waals surface area contributed by atoms with Crippen LogP contribution in [0.4, 0.5) is 0 Å². The molecule has 3 heteroatoms. The zero-order valence-electron chi connectivity index (χ0n) is 10.6. The Morgan fingerprint density at radius 1 is 1.41 bits per heavy atom. The number of nitrogens with one attached hydrogen (secondary N) is 1. The van der Waals surface area contributed by atoms with E-state index in [1.165, 1.54) is 24.8 Å². The third kappa shape index (κ3) is 4.44. The highest BCUT2D eigenvalue weighted by molar-refractivity contribution is 5.11. The van der Waals surface area contributed by atoms with Gasteiger partial charge < -0.3 is 10.1 Å². The van der Waals surface area contributed by atoms with E-state index in [-0.39, 0.29) is 0 Å². The zero-order chi connectivity index (χ0) is 11.9. The van der Waals surface area contributed by atoms with Gasteiger partial charge in [-0.2, -0.15) is 0 Å². The van der Waals surface area contributed by atoms with Crippen LogP contribution in [0.1, 0.15) is 36.9 Å². The molecule has 0 aliphatic carbocycles. The Balaban J connectivity index is 1.60. The lowest BCUT2D eigenvalue weighted by Crippen LogP contribution is -2.25. The summed E-state index contributed by atoms with van der Waals surface area (Å²) in [6.45, 7) is 4.88. The normalized spacial score (nSPS) is 20.4. The molecular formula is C14H22N2O. The molecule has 94 valence electrons. The first-order valence-corrected chi connectivity index (χ1v) is 6.58. The Kier molecular flexibility index (Phi) is 4.95. The van der Waals surface area contributed by atoms with Gasteiger partial charge in [0.25, 0.3) is 0 Å². The molecule has 0 radical (unpaired) electrons. The lowest BCUT2D eigenvalue weighted by atomic mass is 10.1. The number of hydrogen-bond acceptors (Lipinski definition) is 3. The third-order valence-electron chi connectivity index (χ3n) is 3.20. The van der Waals surface area contributed by atoms with Crippen LogP contribution in [-0.2, 0) is 11.3 Å². The maximum absolute atomic E-state index is 5.69. The van der Waals surface area contributed by atoms with Crippen molar-refractivity contribution in [1.29, 1.82) is 0 Å². The Morgan fingerprint density at radius 3 is 3.06 bits per heavy atom. The van der Waals surface area contributed by atoms with Gasteiger partial charge in [0.05, 0.1) is 11.8 Å². The van der Waals surface area contributed by atoms with Gasteiger partial charge >= 0.3 is 0 Å². The van der Waals surface area contributed by atoms with E-state index in [9.17, 15) is 0 Å². The van der Waals surface area contributed by atoms with Crippen LogP contribution in [0.2, 0.25) is 0 Å². The van der Waals surface area contributed by atoms with Gasteiger partial charge in [0.2, 0.25) is 0 Å². The Hall–Kier alpha value is -0.930. The highest BCUT2D eigenvalue weighted by Crippen LogP contribution is 2.14. The summed E-state index contributed by atoms with van der Waals surface area (Å²) >= 11 is 0. The van der Waals surface area contributed by atoms with Gasteiger partial charge in [-0.1, -0.05) is 6.07 Å². The molecule has 0 bridgehead atoms. The first-order chi connectivity index (χ1) is 8.34. The van der Waals surface area contributed by atoms with E-state index in [1.54, 1.807) is 0 Å². The summed E-state index contributed by atoms with van der Waals surface area (Å²) in [6, 6.07) is 4.19. The molecule has 1 N–H and O–H groups in total. The van der Waals surface area contributed by atoms with Crippen LogP contribution in [0.5, 0.6) is 0 Å². The van der Waals surface area contributed by atoms with Gasteiger partial charge in [0.1, 0.15) is 0 Å². The number of nitrogens with zero attached hydrogens (tertiary/aromatic N) is 1. The van der Waals surface area contributed by atoms with Crippen molar-refractivity contribution in [3.8, 4) is 0 Å². The molecule has 2 rings (SSSR count). The van der Waals surface area contributed by atoms with Gasteiger partial charge in [-0.15, -0.1) is 0 Å². The minimum Gasteiger partial charge on any atom is -0.378 e. The monoisotopic (exact) mass is 234 g/mol. The second-order valence-electron chi connectivity index (χ2n) is 4.78. The second-order valence-corrected chi connectivity index (χ2v) is 4.78. The fraction of sp³-hybridized carbons (Fsp3) is 0.643. The molecule has 3 nitrogen and oxygen atoms in total. The fourth-order valence-corrected chi connectivity index (χ4v) is 2.12. The number of hydrogen-bond donors (Lipinski definition) is 1. The predicted octanol–water partition coefficient (Wildman–Crippen LogP) is 2.44. The van der Waals surface area contributed by atoms with Gasteiger partial charge in [-0.25, -0.2) is 0 Å². The van der Waals surface area contributed by atoms with Crippen molar-refractivity contribution < 1.29 is 4.74 Å². The summed E-state index contributed by atoms with van der Waals surface area (Å²) in [5.41, 5.74) is 2.32. The highest BCUT2D eigenvalue weighted by Gasteiger charge is 2.12. The molecule has 2 heterocycles. The van der Waals surface area contributed by atoms with Crippen molar-refractivity contribution in [2.45, 2.75) is 45.3 Å². The largest absolute Gasteiger partial charge is 0.378 e. The molecule has 1 fully saturated rings. The molecule has 0 saturated carbocycles. The van der Waals surface area contributed by atoms with E-state index in [0.29, 0.717) is 6.10 Å². The van der Waals surface area contributed by atoms with Crippen molar-refractivity contribution in [3.05, 3.63) is 29.6 Å². The lowest BCUT2D eigenvalue weighted by Gasteiger charge is -2.22. The summed E-state index contributed by atoms with van der Waals surface area (Å²) in [4.78, 5) is 4.37. The smallest absolute Gasteiger partial charge is 0.0587 e. The lowest BCUT2D eigenvalue weighted by molar-refractivity contribution is 0.0115. The SMILES string of the molecule is Cc1ccc(CNCCC2CCCCO2)nc1. The second kappa shape index (κ2) is 6.72. The Bertz CT molecular complexity index is 317. The van der Waals surface area contributed by atoms with Crippen LogP contribution in [-0.4, -0.2) is 24.2 Å². The average Bonchev–Trinajstić information content (AvgIpc) is 2.38. The molecule has 0 spiro atoms. The molecule has 1 atom stereocenters. The predicted molar refractivity (Wildman–Crippen MR) is 68.9 cm³/mol. The van der Waals surface area contributed by atoms with Gasteiger partial charge in [-0.05, 0) is 50.8 Å². The molecule has 17 heavy (non-hydrogen) atoms. The first kappa shape index (κ1) is 12.5. The first-order valence-electron chi connectivity index (χ1n) is 6.58. The third-order valence-corrected chi connectivity index (χ3v) is 3.20. The maximum Gasteiger partial charge on any atom is 0.0587 e. The van der Waals surface area contributed by atoms with Gasteiger partial charge in [-0.3, -0.25) is 4.98 Å². The van der Waals surface area contributed by atoms with E-state index in [0.717, 1.165) is 31.8 Å². The maximum atomic E-state index is 5.69. The summed E-state index contributed by atoms with van der Waals surface area (Å²) in [5, 5.41) is 3.43. The zero-order valence-corrected chi connectivity index (χ0v) is 10.6. The quantitative estimate of drug-likeness (QED) is 0.795. The number of aryl methyl sites for hydroxylation is 1. The van der Waals surface area contributed by atoms with Crippen LogP contribution >= 0.6 is 0 Å².